The number of hydrogen-bond donors (Lipinski definition) is 4. The second-order valence-electron chi connectivity index (χ2n) is 16.5. The number of rotatable bonds is 14. The molecule has 4 N–H and O–H groups in total. The average molecular weight is 806 g/mol. The van der Waals surface area contributed by atoms with Crippen LogP contribution in [-0.2, 0) is 33.5 Å². The summed E-state index contributed by atoms with van der Waals surface area (Å²) in [5.41, 5.74) is -0.256. The Labute approximate surface area is 332 Å². The van der Waals surface area contributed by atoms with Crippen molar-refractivity contribution < 1.29 is 38.3 Å². The van der Waals surface area contributed by atoms with Gasteiger partial charge in [-0.25, -0.2) is 4.79 Å². The molecule has 0 unspecified atom stereocenters. The van der Waals surface area contributed by atoms with Crippen molar-refractivity contribution in [1.82, 2.24) is 31.1 Å². The van der Waals surface area contributed by atoms with Gasteiger partial charge in [0.25, 0.3) is 5.91 Å². The van der Waals surface area contributed by atoms with Crippen molar-refractivity contribution in [3.63, 3.8) is 0 Å². The van der Waals surface area contributed by atoms with Crippen LogP contribution in [0.15, 0.2) is 30.3 Å². The van der Waals surface area contributed by atoms with E-state index in [-0.39, 0.29) is 30.7 Å². The molecule has 6 atom stereocenters. The summed E-state index contributed by atoms with van der Waals surface area (Å²) in [6.07, 6.45) is 6.24. The second-order valence-corrected chi connectivity index (χ2v) is 18.0. The molecule has 0 spiro atoms. The van der Waals surface area contributed by atoms with Gasteiger partial charge in [-0.3, -0.25) is 28.8 Å². The van der Waals surface area contributed by atoms with E-state index in [1.807, 2.05) is 0 Å². The SMILES string of the molecule is CN(C)C(=O)[C@@H](NC(=O)CNC(=O)C(=O)[C@H](CC1CCC1)NC(=O)[C@@H]1[C@@H]2[C@H](CN1C(=O)[C@@H](NC(=O)OC(C)(C)C)C1CCCCC1)C2(Cl)Cl)c1ccccc1. The van der Waals surface area contributed by atoms with Crippen LogP contribution >= 0.6 is 23.2 Å². The molecule has 1 aromatic carbocycles. The minimum Gasteiger partial charge on any atom is -0.444 e. The van der Waals surface area contributed by atoms with E-state index in [1.165, 1.54) is 9.80 Å². The number of benzene rings is 1. The standard InChI is InChI=1S/C39H54Cl2N6O8/c1-38(2,3)55-37(54)45-30(24-17-10-7-11-18-24)36(53)47-21-25-28(39(25,40)41)31(47)33(50)43-26(19-22-13-12-14-22)32(49)34(51)42-20-27(48)44-29(35(52)46(4)5)23-15-8-6-9-16-23/h6,8-9,15-16,22,24-26,28-31H,7,10-14,17-21H2,1-5H3,(H,42,51)(H,43,50)(H,44,48)(H,45,54)/t25-,26-,28-,29-,30-,31-/m0/s1. The van der Waals surface area contributed by atoms with E-state index < -0.39 is 88.0 Å². The summed E-state index contributed by atoms with van der Waals surface area (Å²) < 4.78 is 4.22. The lowest BCUT2D eigenvalue weighted by molar-refractivity contribution is -0.144. The number of likely N-dealkylation sites (tertiary alicyclic amines) is 1. The predicted molar refractivity (Wildman–Crippen MR) is 205 cm³/mol. The van der Waals surface area contributed by atoms with Gasteiger partial charge in [-0.1, -0.05) is 68.9 Å². The molecule has 14 nitrogen and oxygen atoms in total. The highest BCUT2D eigenvalue weighted by molar-refractivity contribution is 6.51. The summed E-state index contributed by atoms with van der Waals surface area (Å²) in [6.45, 7) is 4.66. The van der Waals surface area contributed by atoms with Gasteiger partial charge in [0.15, 0.2) is 0 Å². The largest absolute Gasteiger partial charge is 0.444 e. The van der Waals surface area contributed by atoms with Crippen LogP contribution in [0, 0.1) is 23.7 Å². The van der Waals surface area contributed by atoms with Gasteiger partial charge in [0.2, 0.25) is 29.4 Å². The molecule has 5 rings (SSSR count). The van der Waals surface area contributed by atoms with Crippen LogP contribution in [0.2, 0.25) is 0 Å². The lowest BCUT2D eigenvalue weighted by Crippen LogP contribution is -2.60. The van der Waals surface area contributed by atoms with Gasteiger partial charge in [-0.2, -0.15) is 0 Å². The van der Waals surface area contributed by atoms with Crippen molar-refractivity contribution in [2.75, 3.05) is 27.2 Å². The fraction of sp³-hybridized carbons (Fsp3) is 0.667. The predicted octanol–water partition coefficient (Wildman–Crippen LogP) is 3.40. The van der Waals surface area contributed by atoms with Crippen LogP contribution < -0.4 is 21.3 Å². The van der Waals surface area contributed by atoms with Crippen molar-refractivity contribution in [1.29, 1.82) is 0 Å². The highest BCUT2D eigenvalue weighted by atomic mass is 35.5. The zero-order valence-corrected chi connectivity index (χ0v) is 33.7. The van der Waals surface area contributed by atoms with E-state index in [9.17, 15) is 33.6 Å². The number of alkyl halides is 2. The number of carbonyl (C=O) groups excluding carboxylic acids is 7. The van der Waals surface area contributed by atoms with Crippen molar-refractivity contribution in [3.8, 4) is 0 Å². The molecule has 1 aliphatic heterocycles. The van der Waals surface area contributed by atoms with Crippen molar-refractivity contribution in [2.24, 2.45) is 23.7 Å². The quantitative estimate of drug-likeness (QED) is 0.163. The van der Waals surface area contributed by atoms with Gasteiger partial charge in [-0.05, 0) is 57.4 Å². The maximum absolute atomic E-state index is 14.4. The van der Waals surface area contributed by atoms with Gasteiger partial charge >= 0.3 is 6.09 Å². The van der Waals surface area contributed by atoms with Crippen LogP contribution in [0.5, 0.6) is 0 Å². The van der Waals surface area contributed by atoms with Gasteiger partial charge in [0, 0.05) is 32.5 Å². The lowest BCUT2D eigenvalue weighted by atomic mass is 9.80. The number of hydrogen-bond acceptors (Lipinski definition) is 8. The first kappa shape index (κ1) is 42.2. The minimum absolute atomic E-state index is 0.0743. The van der Waals surface area contributed by atoms with Crippen molar-refractivity contribution >= 4 is 64.6 Å². The summed E-state index contributed by atoms with van der Waals surface area (Å²) in [4.78, 5) is 97.1. The third kappa shape index (κ3) is 10.3. The molecule has 4 aliphatic rings. The van der Waals surface area contributed by atoms with E-state index in [1.54, 1.807) is 65.2 Å². The number of likely N-dealkylation sites (N-methyl/N-ethyl adjacent to an activating group) is 1. The molecular formula is C39H54Cl2N6O8. The molecule has 1 aromatic rings. The second kappa shape index (κ2) is 17.5. The molecule has 55 heavy (non-hydrogen) atoms. The number of ketones is 1. The number of carbonyl (C=O) groups is 7. The summed E-state index contributed by atoms with van der Waals surface area (Å²) >= 11 is 13.2. The number of amides is 6. The zero-order chi connectivity index (χ0) is 40.2. The smallest absolute Gasteiger partial charge is 0.408 e. The van der Waals surface area contributed by atoms with E-state index in [4.69, 9.17) is 27.9 Å². The molecule has 0 radical (unpaired) electrons. The Morgan fingerprint density at radius 2 is 1.56 bits per heavy atom. The number of halogens is 2. The number of Topliss-reactive ketones (excluding diaryl/α,β-unsaturated/α-hetero) is 1. The number of piperidine rings is 1. The van der Waals surface area contributed by atoms with Gasteiger partial charge < -0.3 is 35.8 Å². The fourth-order valence-corrected chi connectivity index (χ4v) is 8.78. The highest BCUT2D eigenvalue weighted by Gasteiger charge is 2.74. The Balaban J connectivity index is 1.29. The Kier molecular flexibility index (Phi) is 13.4. The molecule has 0 aromatic heterocycles. The molecule has 1 heterocycles. The molecule has 16 heteroatoms. The molecule has 6 amide bonds. The third-order valence-corrected chi connectivity index (χ3v) is 12.2. The Bertz CT molecular complexity index is 1630. The van der Waals surface area contributed by atoms with E-state index in [2.05, 4.69) is 21.3 Å². The van der Waals surface area contributed by atoms with Crippen LogP contribution in [-0.4, -0.2) is 106 Å². The summed E-state index contributed by atoms with van der Waals surface area (Å²) in [5, 5.41) is 10.5. The molecule has 302 valence electrons. The molecule has 3 saturated carbocycles. The minimum atomic E-state index is -1.28. The van der Waals surface area contributed by atoms with Crippen molar-refractivity contribution in [3.05, 3.63) is 35.9 Å². The van der Waals surface area contributed by atoms with Crippen LogP contribution in [0.25, 0.3) is 0 Å². The maximum Gasteiger partial charge on any atom is 0.408 e. The molecular weight excluding hydrogens is 751 g/mol. The zero-order valence-electron chi connectivity index (χ0n) is 32.2. The molecule has 4 fully saturated rings. The van der Waals surface area contributed by atoms with Gasteiger partial charge in [-0.15, -0.1) is 23.2 Å². The average Bonchev–Trinajstić information content (AvgIpc) is 3.41. The first-order valence-corrected chi connectivity index (χ1v) is 20.0. The van der Waals surface area contributed by atoms with Crippen LogP contribution in [0.4, 0.5) is 4.79 Å². The Hall–Kier alpha value is -3.91. The number of fused-ring (bicyclic) bond motifs is 1. The topological polar surface area (TPSA) is 183 Å². The van der Waals surface area contributed by atoms with Gasteiger partial charge in [0.05, 0.1) is 12.6 Å². The summed E-state index contributed by atoms with van der Waals surface area (Å²) in [7, 11) is 3.11. The van der Waals surface area contributed by atoms with Crippen molar-refractivity contribution in [2.45, 2.75) is 113 Å². The first-order valence-electron chi connectivity index (χ1n) is 19.2. The number of ether oxygens (including phenoxy) is 1. The Morgan fingerprint density at radius 3 is 2.15 bits per heavy atom. The third-order valence-electron chi connectivity index (χ3n) is 11.1. The summed E-state index contributed by atoms with van der Waals surface area (Å²) in [6, 6.07) is 4.24. The van der Waals surface area contributed by atoms with E-state index in [0.29, 0.717) is 18.4 Å². The number of nitrogens with zero attached hydrogens (tertiary/aromatic N) is 2. The maximum atomic E-state index is 14.4. The first-order chi connectivity index (χ1) is 25.9. The van der Waals surface area contributed by atoms with Crippen LogP contribution in [0.1, 0.15) is 90.2 Å². The number of alkyl carbamates (subject to hydrolysis) is 1. The summed E-state index contributed by atoms with van der Waals surface area (Å²) in [5.74, 6) is -5.39. The van der Waals surface area contributed by atoms with E-state index >= 15 is 0 Å². The molecule has 1 saturated heterocycles. The highest BCUT2D eigenvalue weighted by Crippen LogP contribution is 2.65. The fourth-order valence-electron chi connectivity index (χ4n) is 7.95. The monoisotopic (exact) mass is 804 g/mol. The van der Waals surface area contributed by atoms with Gasteiger partial charge in [0.1, 0.15) is 28.1 Å². The van der Waals surface area contributed by atoms with E-state index in [0.717, 1.165) is 38.5 Å². The lowest BCUT2D eigenvalue weighted by Gasteiger charge is -2.37. The molecule has 0 bridgehead atoms. The Morgan fingerprint density at radius 1 is 0.909 bits per heavy atom. The van der Waals surface area contributed by atoms with Crippen LogP contribution in [0.3, 0.4) is 0 Å². The molecule has 3 aliphatic carbocycles. The number of nitrogens with one attached hydrogen (secondary N) is 4. The normalized spacial score (nSPS) is 23.5.